The van der Waals surface area contributed by atoms with Crippen LogP contribution < -0.4 is 10.5 Å². The smallest absolute Gasteiger partial charge is 0.124 e. The first-order valence-electron chi connectivity index (χ1n) is 7.02. The van der Waals surface area contributed by atoms with Crippen LogP contribution in [0.3, 0.4) is 0 Å². The Hall–Kier alpha value is -1.06. The zero-order chi connectivity index (χ0) is 12.8. The van der Waals surface area contributed by atoms with Gasteiger partial charge in [-0.1, -0.05) is 18.2 Å². The molecule has 1 fully saturated rings. The summed E-state index contributed by atoms with van der Waals surface area (Å²) in [5.41, 5.74) is 7.09. The molecule has 1 aromatic rings. The summed E-state index contributed by atoms with van der Waals surface area (Å²) >= 11 is 0. The number of para-hydroxylation sites is 1. The summed E-state index contributed by atoms with van der Waals surface area (Å²) in [5.74, 6) is 1.02. The van der Waals surface area contributed by atoms with Gasteiger partial charge in [0.15, 0.2) is 0 Å². The topological polar surface area (TPSA) is 38.5 Å². The maximum Gasteiger partial charge on any atom is 0.124 e. The van der Waals surface area contributed by atoms with Crippen molar-refractivity contribution >= 4 is 0 Å². The van der Waals surface area contributed by atoms with Gasteiger partial charge in [0.25, 0.3) is 0 Å². The third kappa shape index (κ3) is 3.03. The molecule has 2 rings (SSSR count). The Balaban J connectivity index is 2.23. The van der Waals surface area contributed by atoms with Gasteiger partial charge < -0.3 is 10.5 Å². The lowest BCUT2D eigenvalue weighted by Crippen LogP contribution is -2.28. The first kappa shape index (κ1) is 13.4. The summed E-state index contributed by atoms with van der Waals surface area (Å²) in [6, 6.07) is 8.80. The van der Waals surface area contributed by atoms with Gasteiger partial charge in [-0.3, -0.25) is 4.90 Å². The number of benzene rings is 1. The van der Waals surface area contributed by atoms with Crippen molar-refractivity contribution in [2.75, 3.05) is 26.2 Å². The highest BCUT2D eigenvalue weighted by Gasteiger charge is 2.24. The van der Waals surface area contributed by atoms with Crippen molar-refractivity contribution in [1.82, 2.24) is 4.90 Å². The van der Waals surface area contributed by atoms with Gasteiger partial charge in [0.2, 0.25) is 0 Å². The van der Waals surface area contributed by atoms with E-state index < -0.39 is 0 Å². The molecule has 3 nitrogen and oxygen atoms in total. The van der Waals surface area contributed by atoms with E-state index in [1.165, 1.54) is 31.5 Å². The Bertz CT molecular complexity index is 361. The minimum absolute atomic E-state index is 0.417. The van der Waals surface area contributed by atoms with Crippen LogP contribution in [0.4, 0.5) is 0 Å². The van der Waals surface area contributed by atoms with Gasteiger partial charge in [0, 0.05) is 11.6 Å². The third-order valence-electron chi connectivity index (χ3n) is 3.60. The van der Waals surface area contributed by atoms with E-state index in [0.717, 1.165) is 18.7 Å². The van der Waals surface area contributed by atoms with Gasteiger partial charge in [0.1, 0.15) is 5.75 Å². The van der Waals surface area contributed by atoms with Gasteiger partial charge >= 0.3 is 0 Å². The van der Waals surface area contributed by atoms with E-state index in [9.17, 15) is 0 Å². The molecule has 100 valence electrons. The SMILES string of the molecule is CCOc1ccccc1C(CCN)N1CCCC1. The van der Waals surface area contributed by atoms with E-state index in [2.05, 4.69) is 23.1 Å². The largest absolute Gasteiger partial charge is 0.494 e. The first-order chi connectivity index (χ1) is 8.86. The Morgan fingerprint density at radius 2 is 2.00 bits per heavy atom. The van der Waals surface area contributed by atoms with Crippen molar-refractivity contribution in [1.29, 1.82) is 0 Å². The average Bonchev–Trinajstić information content (AvgIpc) is 2.91. The monoisotopic (exact) mass is 248 g/mol. The quantitative estimate of drug-likeness (QED) is 0.841. The molecule has 0 radical (unpaired) electrons. The second-order valence-corrected chi connectivity index (χ2v) is 4.81. The van der Waals surface area contributed by atoms with E-state index in [4.69, 9.17) is 10.5 Å². The Labute approximate surface area is 110 Å². The van der Waals surface area contributed by atoms with E-state index >= 15 is 0 Å². The molecule has 1 aromatic carbocycles. The van der Waals surface area contributed by atoms with E-state index in [0.29, 0.717) is 12.6 Å². The lowest BCUT2D eigenvalue weighted by Gasteiger charge is -2.29. The molecular weight excluding hydrogens is 224 g/mol. The highest BCUT2D eigenvalue weighted by Crippen LogP contribution is 2.33. The van der Waals surface area contributed by atoms with Crippen molar-refractivity contribution < 1.29 is 4.74 Å². The molecule has 1 saturated heterocycles. The van der Waals surface area contributed by atoms with Crippen LogP contribution in [-0.4, -0.2) is 31.1 Å². The predicted molar refractivity (Wildman–Crippen MR) is 74.8 cm³/mol. The van der Waals surface area contributed by atoms with Gasteiger partial charge in [-0.15, -0.1) is 0 Å². The van der Waals surface area contributed by atoms with Crippen LogP contribution in [-0.2, 0) is 0 Å². The molecule has 1 heterocycles. The summed E-state index contributed by atoms with van der Waals surface area (Å²) in [6.07, 6.45) is 3.61. The number of nitrogens with zero attached hydrogens (tertiary/aromatic N) is 1. The minimum Gasteiger partial charge on any atom is -0.494 e. The molecule has 0 aliphatic carbocycles. The number of rotatable bonds is 6. The number of nitrogens with two attached hydrogens (primary N) is 1. The molecule has 0 aromatic heterocycles. The van der Waals surface area contributed by atoms with Crippen LogP contribution in [0, 0.1) is 0 Å². The van der Waals surface area contributed by atoms with Crippen LogP contribution in [0.5, 0.6) is 5.75 Å². The zero-order valence-corrected chi connectivity index (χ0v) is 11.3. The van der Waals surface area contributed by atoms with Crippen molar-refractivity contribution in [3.63, 3.8) is 0 Å². The molecule has 0 bridgehead atoms. The van der Waals surface area contributed by atoms with Gasteiger partial charge in [-0.25, -0.2) is 0 Å². The Kier molecular flexibility index (Phi) is 5.02. The fourth-order valence-corrected chi connectivity index (χ4v) is 2.79. The van der Waals surface area contributed by atoms with Crippen LogP contribution in [0.1, 0.15) is 37.8 Å². The summed E-state index contributed by atoms with van der Waals surface area (Å²) in [4.78, 5) is 2.55. The summed E-state index contributed by atoms with van der Waals surface area (Å²) < 4.78 is 5.76. The molecule has 3 heteroatoms. The summed E-state index contributed by atoms with van der Waals surface area (Å²) in [5, 5.41) is 0. The molecule has 0 saturated carbocycles. The van der Waals surface area contributed by atoms with Gasteiger partial charge in [0.05, 0.1) is 6.61 Å². The molecule has 1 aliphatic heterocycles. The van der Waals surface area contributed by atoms with Gasteiger partial charge in [-0.05, 0) is 51.9 Å². The Morgan fingerprint density at radius 3 is 2.67 bits per heavy atom. The number of hydrogen-bond donors (Lipinski definition) is 1. The molecule has 1 unspecified atom stereocenters. The molecule has 1 aliphatic rings. The zero-order valence-electron chi connectivity index (χ0n) is 11.3. The summed E-state index contributed by atoms with van der Waals surface area (Å²) in [7, 11) is 0. The fraction of sp³-hybridized carbons (Fsp3) is 0.600. The Morgan fingerprint density at radius 1 is 1.28 bits per heavy atom. The fourth-order valence-electron chi connectivity index (χ4n) is 2.79. The highest BCUT2D eigenvalue weighted by atomic mass is 16.5. The second-order valence-electron chi connectivity index (χ2n) is 4.81. The standard InChI is InChI=1S/C15H24N2O/c1-2-18-15-8-4-3-7-13(15)14(9-10-16)17-11-5-6-12-17/h3-4,7-8,14H,2,5-6,9-12,16H2,1H3. The van der Waals surface area contributed by atoms with Crippen LogP contribution in [0.15, 0.2) is 24.3 Å². The maximum absolute atomic E-state index is 5.79. The average molecular weight is 248 g/mol. The summed E-state index contributed by atoms with van der Waals surface area (Å²) in [6.45, 7) is 5.84. The van der Waals surface area contributed by atoms with Crippen molar-refractivity contribution in [3.8, 4) is 5.75 Å². The highest BCUT2D eigenvalue weighted by molar-refractivity contribution is 5.36. The van der Waals surface area contributed by atoms with E-state index in [1.807, 2.05) is 13.0 Å². The first-order valence-corrected chi connectivity index (χ1v) is 7.02. The van der Waals surface area contributed by atoms with Crippen molar-refractivity contribution in [2.24, 2.45) is 5.73 Å². The molecule has 2 N–H and O–H groups in total. The van der Waals surface area contributed by atoms with Crippen molar-refractivity contribution in [3.05, 3.63) is 29.8 Å². The molecular formula is C15H24N2O. The number of hydrogen-bond acceptors (Lipinski definition) is 3. The molecule has 18 heavy (non-hydrogen) atoms. The second kappa shape index (κ2) is 6.76. The molecule has 1 atom stereocenters. The molecule has 0 amide bonds. The van der Waals surface area contributed by atoms with Crippen LogP contribution in [0.25, 0.3) is 0 Å². The van der Waals surface area contributed by atoms with Crippen LogP contribution in [0.2, 0.25) is 0 Å². The van der Waals surface area contributed by atoms with Gasteiger partial charge in [-0.2, -0.15) is 0 Å². The minimum atomic E-state index is 0.417. The van der Waals surface area contributed by atoms with Crippen molar-refractivity contribution in [2.45, 2.75) is 32.2 Å². The third-order valence-corrected chi connectivity index (χ3v) is 3.60. The maximum atomic E-state index is 5.79. The van der Waals surface area contributed by atoms with E-state index in [1.54, 1.807) is 0 Å². The van der Waals surface area contributed by atoms with E-state index in [-0.39, 0.29) is 0 Å². The lowest BCUT2D eigenvalue weighted by molar-refractivity contribution is 0.227. The lowest BCUT2D eigenvalue weighted by atomic mass is 10.0. The predicted octanol–water partition coefficient (Wildman–Crippen LogP) is 2.57. The van der Waals surface area contributed by atoms with Crippen LogP contribution >= 0.6 is 0 Å². The number of ether oxygens (including phenoxy) is 1. The molecule has 0 spiro atoms. The number of likely N-dealkylation sites (tertiary alicyclic amines) is 1. The normalized spacial score (nSPS) is 17.9.